The zero-order valence-corrected chi connectivity index (χ0v) is 9.73. The zero-order chi connectivity index (χ0) is 11.3. The van der Waals surface area contributed by atoms with Crippen molar-refractivity contribution in [3.8, 4) is 0 Å². The number of nitrogens with zero attached hydrogens (tertiary/aromatic N) is 1. The predicted octanol–water partition coefficient (Wildman–Crippen LogP) is 2.90. The van der Waals surface area contributed by atoms with Gasteiger partial charge in [-0.3, -0.25) is 9.69 Å². The number of carbonyl (C=O) groups is 1. The van der Waals surface area contributed by atoms with E-state index in [-0.39, 0.29) is 0 Å². The number of hydrogen-bond donors (Lipinski definition) is 0. The second kappa shape index (κ2) is 5.66. The van der Waals surface area contributed by atoms with Gasteiger partial charge in [0.05, 0.1) is 0 Å². The Kier molecular flexibility index (Phi) is 4.50. The van der Waals surface area contributed by atoms with Crippen LogP contribution in [0.2, 0.25) is 0 Å². The van der Waals surface area contributed by atoms with Crippen molar-refractivity contribution in [2.75, 3.05) is 13.1 Å². The van der Waals surface area contributed by atoms with Crippen LogP contribution in [0.5, 0.6) is 0 Å². The summed E-state index contributed by atoms with van der Waals surface area (Å²) in [6, 6.07) is 8.24. The van der Waals surface area contributed by atoms with Gasteiger partial charge in [-0.15, -0.1) is 0 Å². The van der Waals surface area contributed by atoms with Crippen LogP contribution < -0.4 is 0 Å². The first kappa shape index (κ1) is 11.9. The third kappa shape index (κ3) is 2.90. The summed E-state index contributed by atoms with van der Waals surface area (Å²) in [6.07, 6.45) is 0.881. The molecule has 1 aromatic rings. The molecule has 0 aliphatic rings. The molecule has 1 rings (SSSR count). The molecule has 0 N–H and O–H groups in total. The molecule has 82 valence electrons. The maximum absolute atomic E-state index is 10.5. The lowest BCUT2D eigenvalue weighted by molar-refractivity contribution is 0.112. The van der Waals surface area contributed by atoms with Crippen LogP contribution in [-0.4, -0.2) is 24.3 Å². The molecule has 2 heteroatoms. The van der Waals surface area contributed by atoms with E-state index in [0.717, 1.165) is 24.9 Å². The van der Waals surface area contributed by atoms with Crippen LogP contribution in [0.25, 0.3) is 0 Å². The van der Waals surface area contributed by atoms with E-state index >= 15 is 0 Å². The van der Waals surface area contributed by atoms with Crippen molar-refractivity contribution < 1.29 is 4.79 Å². The van der Waals surface area contributed by atoms with Crippen LogP contribution in [0.1, 0.15) is 42.7 Å². The number of hydrogen-bond acceptors (Lipinski definition) is 2. The summed E-state index contributed by atoms with van der Waals surface area (Å²) in [4.78, 5) is 12.9. The molecule has 0 heterocycles. The molecule has 0 bridgehead atoms. The Labute approximate surface area is 91.9 Å². The molecule has 15 heavy (non-hydrogen) atoms. The molecule has 1 aromatic carbocycles. The molecular formula is C13H19NO. The lowest BCUT2D eigenvalue weighted by atomic mass is 10.1. The highest BCUT2D eigenvalue weighted by Crippen LogP contribution is 2.19. The molecule has 0 fully saturated rings. The Hall–Kier alpha value is -1.15. The van der Waals surface area contributed by atoms with E-state index in [1.807, 2.05) is 24.3 Å². The van der Waals surface area contributed by atoms with Crippen molar-refractivity contribution in [3.63, 3.8) is 0 Å². The quantitative estimate of drug-likeness (QED) is 0.689. The molecule has 0 aromatic heterocycles. The van der Waals surface area contributed by atoms with Gasteiger partial charge < -0.3 is 0 Å². The van der Waals surface area contributed by atoms with Crippen molar-refractivity contribution in [2.24, 2.45) is 0 Å². The van der Waals surface area contributed by atoms with Gasteiger partial charge in [0.25, 0.3) is 0 Å². The molecular weight excluding hydrogens is 186 g/mol. The highest BCUT2D eigenvalue weighted by Gasteiger charge is 2.11. The van der Waals surface area contributed by atoms with E-state index in [0.29, 0.717) is 6.04 Å². The minimum absolute atomic E-state index is 0.417. The van der Waals surface area contributed by atoms with Gasteiger partial charge in [0.15, 0.2) is 0 Å². The number of aldehydes is 1. The number of carbonyl (C=O) groups excluding carboxylic acids is 1. The lowest BCUT2D eigenvalue weighted by Crippen LogP contribution is -2.26. The van der Waals surface area contributed by atoms with Gasteiger partial charge in [-0.05, 0) is 25.6 Å². The monoisotopic (exact) mass is 205 g/mol. The van der Waals surface area contributed by atoms with Crippen LogP contribution in [0, 0.1) is 0 Å². The molecule has 0 saturated heterocycles. The van der Waals surface area contributed by atoms with Gasteiger partial charge >= 0.3 is 0 Å². The number of rotatable bonds is 5. The minimum atomic E-state index is 0.417. The molecule has 2 nitrogen and oxygen atoms in total. The SMILES string of the molecule is CCN(CC)C(C)c1ccc(C=O)cc1. The molecule has 0 amide bonds. The van der Waals surface area contributed by atoms with Gasteiger partial charge in [0.2, 0.25) is 0 Å². The normalized spacial score (nSPS) is 12.8. The first-order valence-corrected chi connectivity index (χ1v) is 5.52. The fourth-order valence-electron chi connectivity index (χ4n) is 1.84. The second-order valence-corrected chi connectivity index (χ2v) is 3.68. The molecule has 0 saturated carbocycles. The zero-order valence-electron chi connectivity index (χ0n) is 9.73. The maximum atomic E-state index is 10.5. The summed E-state index contributed by atoms with van der Waals surface area (Å²) >= 11 is 0. The minimum Gasteiger partial charge on any atom is -0.298 e. The topological polar surface area (TPSA) is 20.3 Å². The van der Waals surface area contributed by atoms with E-state index in [4.69, 9.17) is 0 Å². The van der Waals surface area contributed by atoms with Gasteiger partial charge in [-0.1, -0.05) is 38.1 Å². The Morgan fingerprint density at radius 2 is 1.73 bits per heavy atom. The van der Waals surface area contributed by atoms with E-state index < -0.39 is 0 Å². The third-order valence-electron chi connectivity index (χ3n) is 2.92. The Morgan fingerprint density at radius 3 is 2.13 bits per heavy atom. The van der Waals surface area contributed by atoms with Gasteiger partial charge in [0, 0.05) is 11.6 Å². The van der Waals surface area contributed by atoms with Crippen molar-refractivity contribution in [2.45, 2.75) is 26.8 Å². The van der Waals surface area contributed by atoms with Crippen molar-refractivity contribution >= 4 is 6.29 Å². The van der Waals surface area contributed by atoms with Gasteiger partial charge in [0.1, 0.15) is 6.29 Å². The summed E-state index contributed by atoms with van der Waals surface area (Å²) in [7, 11) is 0. The van der Waals surface area contributed by atoms with Gasteiger partial charge in [-0.2, -0.15) is 0 Å². The molecule has 0 spiro atoms. The Balaban J connectivity index is 2.81. The highest BCUT2D eigenvalue weighted by molar-refractivity contribution is 5.74. The maximum Gasteiger partial charge on any atom is 0.150 e. The smallest absolute Gasteiger partial charge is 0.150 e. The fraction of sp³-hybridized carbons (Fsp3) is 0.462. The average Bonchev–Trinajstić information content (AvgIpc) is 2.30. The summed E-state index contributed by atoms with van der Waals surface area (Å²) < 4.78 is 0. The molecule has 0 aliphatic carbocycles. The third-order valence-corrected chi connectivity index (χ3v) is 2.92. The molecule has 0 aliphatic heterocycles. The standard InChI is InChI=1S/C13H19NO/c1-4-14(5-2)11(3)13-8-6-12(10-15)7-9-13/h6-11H,4-5H2,1-3H3. The predicted molar refractivity (Wildman–Crippen MR) is 63.2 cm³/mol. The Bertz CT molecular complexity index is 301. The van der Waals surface area contributed by atoms with Crippen LogP contribution in [-0.2, 0) is 0 Å². The lowest BCUT2D eigenvalue weighted by Gasteiger charge is -2.26. The van der Waals surface area contributed by atoms with Crippen LogP contribution in [0.15, 0.2) is 24.3 Å². The summed E-state index contributed by atoms with van der Waals surface area (Å²) in [5.41, 5.74) is 2.01. The molecule has 1 unspecified atom stereocenters. The van der Waals surface area contributed by atoms with Crippen LogP contribution in [0.4, 0.5) is 0 Å². The fourth-order valence-corrected chi connectivity index (χ4v) is 1.84. The largest absolute Gasteiger partial charge is 0.298 e. The van der Waals surface area contributed by atoms with E-state index in [9.17, 15) is 4.79 Å². The average molecular weight is 205 g/mol. The van der Waals surface area contributed by atoms with Crippen molar-refractivity contribution in [1.29, 1.82) is 0 Å². The first-order valence-electron chi connectivity index (χ1n) is 5.52. The highest BCUT2D eigenvalue weighted by atomic mass is 16.1. The summed E-state index contributed by atoms with van der Waals surface area (Å²) in [6.45, 7) is 8.63. The molecule has 1 atom stereocenters. The van der Waals surface area contributed by atoms with E-state index in [1.54, 1.807) is 0 Å². The van der Waals surface area contributed by atoms with Crippen LogP contribution in [0.3, 0.4) is 0 Å². The van der Waals surface area contributed by atoms with Crippen molar-refractivity contribution in [1.82, 2.24) is 4.90 Å². The number of benzene rings is 1. The Morgan fingerprint density at radius 1 is 1.20 bits per heavy atom. The van der Waals surface area contributed by atoms with E-state index in [1.165, 1.54) is 5.56 Å². The van der Waals surface area contributed by atoms with E-state index in [2.05, 4.69) is 25.7 Å². The second-order valence-electron chi connectivity index (χ2n) is 3.68. The molecule has 0 radical (unpaired) electrons. The summed E-state index contributed by atoms with van der Waals surface area (Å²) in [5.74, 6) is 0. The van der Waals surface area contributed by atoms with Gasteiger partial charge in [-0.25, -0.2) is 0 Å². The van der Waals surface area contributed by atoms with Crippen molar-refractivity contribution in [3.05, 3.63) is 35.4 Å². The first-order chi connectivity index (χ1) is 7.22. The summed E-state index contributed by atoms with van der Waals surface area (Å²) in [5, 5.41) is 0. The van der Waals surface area contributed by atoms with Crippen LogP contribution >= 0.6 is 0 Å².